The number of nitrogens with two attached hydrogens (primary N) is 1. The van der Waals surface area contributed by atoms with Gasteiger partial charge in [-0.1, -0.05) is 35.0 Å². The van der Waals surface area contributed by atoms with E-state index in [1.165, 1.54) is 5.56 Å². The van der Waals surface area contributed by atoms with Gasteiger partial charge in [0.1, 0.15) is 0 Å². The third-order valence-electron chi connectivity index (χ3n) is 3.75. The van der Waals surface area contributed by atoms with Crippen molar-refractivity contribution in [3.05, 3.63) is 34.3 Å². The first-order valence-electron chi connectivity index (χ1n) is 6.89. The van der Waals surface area contributed by atoms with Gasteiger partial charge in [-0.3, -0.25) is 4.79 Å². The molecule has 1 unspecified atom stereocenters. The molecule has 1 aliphatic heterocycles. The SMILES string of the molecule is CCC(Cc1cccc(Br)c1)C(=O)N1CC[C@@H](N)C1. The summed E-state index contributed by atoms with van der Waals surface area (Å²) in [6.07, 6.45) is 2.61. The molecule has 0 aromatic heterocycles. The number of halogens is 1. The molecule has 3 nitrogen and oxygen atoms in total. The molecule has 104 valence electrons. The second kappa shape index (κ2) is 6.53. The Hall–Kier alpha value is -0.870. The van der Waals surface area contributed by atoms with Gasteiger partial charge in [-0.05, 0) is 37.0 Å². The lowest BCUT2D eigenvalue weighted by atomic mass is 9.95. The zero-order valence-corrected chi connectivity index (χ0v) is 12.9. The van der Waals surface area contributed by atoms with Gasteiger partial charge >= 0.3 is 0 Å². The Balaban J connectivity index is 2.01. The van der Waals surface area contributed by atoms with Gasteiger partial charge in [0.25, 0.3) is 0 Å². The minimum Gasteiger partial charge on any atom is -0.341 e. The number of carbonyl (C=O) groups excluding carboxylic acids is 1. The molecular formula is C15H21BrN2O. The first-order valence-corrected chi connectivity index (χ1v) is 7.68. The van der Waals surface area contributed by atoms with Gasteiger partial charge in [0.2, 0.25) is 5.91 Å². The fourth-order valence-electron chi connectivity index (χ4n) is 2.60. The highest BCUT2D eigenvalue weighted by Gasteiger charge is 2.28. The van der Waals surface area contributed by atoms with E-state index in [0.717, 1.165) is 30.3 Å². The number of hydrogen-bond acceptors (Lipinski definition) is 2. The number of benzene rings is 1. The predicted octanol–water partition coefficient (Wildman–Crippen LogP) is 2.58. The van der Waals surface area contributed by atoms with E-state index in [1.807, 2.05) is 17.0 Å². The van der Waals surface area contributed by atoms with Crippen molar-refractivity contribution < 1.29 is 4.79 Å². The maximum absolute atomic E-state index is 12.5. The Morgan fingerprint density at radius 2 is 2.37 bits per heavy atom. The molecule has 1 amide bonds. The third kappa shape index (κ3) is 3.80. The van der Waals surface area contributed by atoms with Crippen LogP contribution in [0.25, 0.3) is 0 Å². The van der Waals surface area contributed by atoms with Crippen molar-refractivity contribution in [3.63, 3.8) is 0 Å². The van der Waals surface area contributed by atoms with E-state index in [-0.39, 0.29) is 17.9 Å². The first-order chi connectivity index (χ1) is 9.10. The topological polar surface area (TPSA) is 46.3 Å². The van der Waals surface area contributed by atoms with Gasteiger partial charge in [0.05, 0.1) is 0 Å². The predicted molar refractivity (Wildman–Crippen MR) is 80.8 cm³/mol. The molecule has 19 heavy (non-hydrogen) atoms. The second-order valence-corrected chi connectivity index (χ2v) is 6.19. The average Bonchev–Trinajstić information content (AvgIpc) is 2.82. The van der Waals surface area contributed by atoms with Crippen molar-refractivity contribution in [2.24, 2.45) is 11.7 Å². The number of carbonyl (C=O) groups is 1. The molecule has 1 saturated heterocycles. The van der Waals surface area contributed by atoms with Gasteiger partial charge in [0, 0.05) is 29.5 Å². The minimum atomic E-state index is 0.0691. The molecule has 0 aliphatic carbocycles. The Morgan fingerprint density at radius 1 is 1.58 bits per heavy atom. The molecule has 1 fully saturated rings. The van der Waals surface area contributed by atoms with Crippen LogP contribution in [0.1, 0.15) is 25.3 Å². The highest BCUT2D eigenvalue weighted by Crippen LogP contribution is 2.20. The summed E-state index contributed by atoms with van der Waals surface area (Å²) in [6.45, 7) is 3.61. The fraction of sp³-hybridized carbons (Fsp3) is 0.533. The number of rotatable bonds is 4. The summed E-state index contributed by atoms with van der Waals surface area (Å²) < 4.78 is 1.07. The minimum absolute atomic E-state index is 0.0691. The van der Waals surface area contributed by atoms with Crippen molar-refractivity contribution in [1.82, 2.24) is 4.90 Å². The van der Waals surface area contributed by atoms with Crippen LogP contribution in [0.2, 0.25) is 0 Å². The molecule has 2 atom stereocenters. The van der Waals surface area contributed by atoms with E-state index >= 15 is 0 Å². The quantitative estimate of drug-likeness (QED) is 0.925. The van der Waals surface area contributed by atoms with Crippen LogP contribution in [-0.4, -0.2) is 29.9 Å². The van der Waals surface area contributed by atoms with Crippen LogP contribution in [0.3, 0.4) is 0 Å². The van der Waals surface area contributed by atoms with E-state index in [2.05, 4.69) is 35.0 Å². The molecule has 2 N–H and O–H groups in total. The standard InChI is InChI=1S/C15H21BrN2O/c1-2-12(8-11-4-3-5-13(16)9-11)15(19)18-7-6-14(17)10-18/h3-5,9,12,14H,2,6-8,10,17H2,1H3/t12?,14-/m1/s1. The van der Waals surface area contributed by atoms with Crippen LogP contribution in [-0.2, 0) is 11.2 Å². The number of hydrogen-bond donors (Lipinski definition) is 1. The summed E-state index contributed by atoms with van der Waals surface area (Å²) in [6, 6.07) is 8.35. The molecule has 1 aliphatic rings. The van der Waals surface area contributed by atoms with Crippen LogP contribution in [0.4, 0.5) is 0 Å². The average molecular weight is 325 g/mol. The van der Waals surface area contributed by atoms with Gasteiger partial charge in [-0.25, -0.2) is 0 Å². The molecule has 1 heterocycles. The zero-order chi connectivity index (χ0) is 13.8. The summed E-state index contributed by atoms with van der Waals surface area (Å²) in [5.74, 6) is 0.329. The summed E-state index contributed by atoms with van der Waals surface area (Å²) in [4.78, 5) is 14.4. The van der Waals surface area contributed by atoms with Gasteiger partial charge < -0.3 is 10.6 Å². The lowest BCUT2D eigenvalue weighted by Crippen LogP contribution is -2.37. The van der Waals surface area contributed by atoms with Crippen LogP contribution in [0, 0.1) is 5.92 Å². The molecular weight excluding hydrogens is 304 g/mol. The first kappa shape index (κ1) is 14.5. The summed E-state index contributed by atoms with van der Waals surface area (Å²) >= 11 is 3.47. The van der Waals surface area contributed by atoms with Crippen molar-refractivity contribution in [2.75, 3.05) is 13.1 Å². The number of amides is 1. The van der Waals surface area contributed by atoms with E-state index in [9.17, 15) is 4.79 Å². The molecule has 2 rings (SSSR count). The largest absolute Gasteiger partial charge is 0.341 e. The summed E-state index contributed by atoms with van der Waals surface area (Å²) in [5, 5.41) is 0. The Bertz CT molecular complexity index is 450. The normalized spacial score (nSPS) is 20.6. The molecule has 0 saturated carbocycles. The molecule has 0 bridgehead atoms. The zero-order valence-electron chi connectivity index (χ0n) is 11.3. The van der Waals surface area contributed by atoms with E-state index in [0.29, 0.717) is 6.54 Å². The van der Waals surface area contributed by atoms with Crippen LogP contribution >= 0.6 is 15.9 Å². The summed E-state index contributed by atoms with van der Waals surface area (Å²) in [5.41, 5.74) is 7.08. The van der Waals surface area contributed by atoms with Gasteiger partial charge in [-0.2, -0.15) is 0 Å². The van der Waals surface area contributed by atoms with Crippen molar-refractivity contribution in [1.29, 1.82) is 0 Å². The third-order valence-corrected chi connectivity index (χ3v) is 4.24. The molecule has 1 aromatic carbocycles. The molecule has 0 radical (unpaired) electrons. The van der Waals surface area contributed by atoms with Crippen LogP contribution in [0.15, 0.2) is 28.7 Å². The monoisotopic (exact) mass is 324 g/mol. The van der Waals surface area contributed by atoms with Crippen LogP contribution < -0.4 is 5.73 Å². The van der Waals surface area contributed by atoms with Crippen molar-refractivity contribution in [3.8, 4) is 0 Å². The molecule has 4 heteroatoms. The Morgan fingerprint density at radius 3 is 2.95 bits per heavy atom. The highest BCUT2D eigenvalue weighted by molar-refractivity contribution is 9.10. The van der Waals surface area contributed by atoms with Crippen LogP contribution in [0.5, 0.6) is 0 Å². The lowest BCUT2D eigenvalue weighted by molar-refractivity contribution is -0.134. The Kier molecular flexibility index (Phi) is 4.99. The van der Waals surface area contributed by atoms with Crippen molar-refractivity contribution in [2.45, 2.75) is 32.2 Å². The van der Waals surface area contributed by atoms with Gasteiger partial charge in [-0.15, -0.1) is 0 Å². The highest BCUT2D eigenvalue weighted by atomic mass is 79.9. The van der Waals surface area contributed by atoms with Crippen molar-refractivity contribution >= 4 is 21.8 Å². The number of likely N-dealkylation sites (tertiary alicyclic amines) is 1. The second-order valence-electron chi connectivity index (χ2n) is 5.27. The molecule has 0 spiro atoms. The maximum Gasteiger partial charge on any atom is 0.226 e. The number of nitrogens with zero attached hydrogens (tertiary/aromatic N) is 1. The molecule has 1 aromatic rings. The maximum atomic E-state index is 12.5. The van der Waals surface area contributed by atoms with E-state index in [1.54, 1.807) is 0 Å². The van der Waals surface area contributed by atoms with Gasteiger partial charge in [0.15, 0.2) is 0 Å². The van der Waals surface area contributed by atoms with E-state index in [4.69, 9.17) is 5.73 Å². The Labute approximate surface area is 123 Å². The fourth-order valence-corrected chi connectivity index (χ4v) is 3.05. The van der Waals surface area contributed by atoms with E-state index < -0.39 is 0 Å². The smallest absolute Gasteiger partial charge is 0.226 e. The lowest BCUT2D eigenvalue weighted by Gasteiger charge is -2.22. The summed E-state index contributed by atoms with van der Waals surface area (Å²) in [7, 11) is 0.